The van der Waals surface area contributed by atoms with Crippen molar-refractivity contribution < 1.29 is 14.3 Å². The first-order valence-corrected chi connectivity index (χ1v) is 13.7. The number of allylic oxidation sites excluding steroid dienone is 2. The maximum atomic E-state index is 13.1. The van der Waals surface area contributed by atoms with Crippen molar-refractivity contribution in [2.75, 3.05) is 7.11 Å². The number of hydrogen-bond donors (Lipinski definition) is 2. The van der Waals surface area contributed by atoms with Gasteiger partial charge in [0.1, 0.15) is 0 Å². The van der Waals surface area contributed by atoms with Crippen LogP contribution in [0.4, 0.5) is 0 Å². The van der Waals surface area contributed by atoms with Crippen molar-refractivity contribution in [1.82, 2.24) is 4.98 Å². The first-order valence-electron chi connectivity index (χ1n) is 13.3. The molecule has 35 heavy (non-hydrogen) atoms. The van der Waals surface area contributed by atoms with Gasteiger partial charge in [-0.05, 0) is 55.9 Å². The molecular weight excluding hydrogens is 460 g/mol. The number of benzene rings is 1. The fraction of sp³-hybridized carbons (Fsp3) is 0.586. The molecule has 1 aromatic carbocycles. The summed E-state index contributed by atoms with van der Waals surface area (Å²) in [5, 5.41) is 1.30. The molecule has 0 aliphatic heterocycles. The monoisotopic (exact) mass is 502 g/mol. The van der Waals surface area contributed by atoms with E-state index in [4.69, 9.17) is 22.1 Å². The summed E-state index contributed by atoms with van der Waals surface area (Å²) in [4.78, 5) is 28.2. The highest BCUT2D eigenvalue weighted by Gasteiger charge is 2.24. The van der Waals surface area contributed by atoms with Gasteiger partial charge in [-0.1, -0.05) is 82.0 Å². The highest BCUT2D eigenvalue weighted by atomic mass is 35.5. The summed E-state index contributed by atoms with van der Waals surface area (Å²) in [6.45, 7) is 2.25. The lowest BCUT2D eigenvalue weighted by molar-refractivity contribution is -0.139. The predicted molar refractivity (Wildman–Crippen MR) is 146 cm³/mol. The van der Waals surface area contributed by atoms with Gasteiger partial charge in [-0.15, -0.1) is 0 Å². The van der Waals surface area contributed by atoms with E-state index in [1.54, 1.807) is 12.1 Å². The van der Waals surface area contributed by atoms with Gasteiger partial charge in [0.05, 0.1) is 25.3 Å². The number of nitrogens with one attached hydrogen (secondary N) is 1. The Balaban J connectivity index is 1.72. The number of halogens is 1. The molecule has 2 aromatic rings. The summed E-state index contributed by atoms with van der Waals surface area (Å²) in [6.07, 6.45) is 19.9. The summed E-state index contributed by atoms with van der Waals surface area (Å²) in [6, 6.07) is 4.71. The number of H-pyrrole nitrogens is 1. The maximum absolute atomic E-state index is 13.1. The molecule has 0 saturated carbocycles. The Morgan fingerprint density at radius 1 is 1.00 bits per heavy atom. The summed E-state index contributed by atoms with van der Waals surface area (Å²) in [5.41, 5.74) is 8.00. The van der Waals surface area contributed by atoms with Crippen LogP contribution in [-0.2, 0) is 16.0 Å². The zero-order chi connectivity index (χ0) is 25.5. The molecular formula is C29H43ClN2O3. The van der Waals surface area contributed by atoms with Gasteiger partial charge < -0.3 is 15.5 Å². The number of esters is 1. The molecule has 2 rings (SSSR count). The molecule has 3 N–H and O–H groups in total. The van der Waals surface area contributed by atoms with Crippen molar-refractivity contribution in [3.8, 4) is 0 Å². The first-order chi connectivity index (χ1) is 17.0. The van der Waals surface area contributed by atoms with Crippen molar-refractivity contribution in [2.45, 2.75) is 103 Å². The summed E-state index contributed by atoms with van der Waals surface area (Å²) >= 11 is 6.14. The fourth-order valence-electron chi connectivity index (χ4n) is 4.41. The van der Waals surface area contributed by atoms with Crippen LogP contribution in [0, 0.1) is 0 Å². The summed E-state index contributed by atoms with van der Waals surface area (Å²) < 4.78 is 4.82. The number of carbonyl (C=O) groups excluding carboxylic acids is 2. The van der Waals surface area contributed by atoms with Crippen molar-refractivity contribution in [3.05, 3.63) is 46.6 Å². The van der Waals surface area contributed by atoms with E-state index >= 15 is 0 Å². The zero-order valence-electron chi connectivity index (χ0n) is 21.5. The van der Waals surface area contributed by atoms with Crippen LogP contribution in [0.1, 0.15) is 106 Å². The standard InChI is InChI=1S/C29H43ClN2O3/c1-3-4-5-6-7-8-9-10-11-12-13-14-15-16-17-25(31)29(34)28-24(21-27(33)35-2)23-20-22(30)18-19-26(23)32-28/h10-11,18-20,25,32H,3-9,12-17,21,31H2,1-2H3. The van der Waals surface area contributed by atoms with E-state index in [0.717, 1.165) is 36.6 Å². The Morgan fingerprint density at radius 3 is 2.29 bits per heavy atom. The molecule has 1 atom stereocenters. The molecule has 6 heteroatoms. The molecule has 0 aliphatic carbocycles. The smallest absolute Gasteiger partial charge is 0.310 e. The molecule has 1 aromatic heterocycles. The van der Waals surface area contributed by atoms with Crippen LogP contribution in [0.5, 0.6) is 0 Å². The van der Waals surface area contributed by atoms with Gasteiger partial charge in [0.2, 0.25) is 0 Å². The minimum atomic E-state index is -0.604. The van der Waals surface area contributed by atoms with E-state index in [2.05, 4.69) is 24.1 Å². The minimum Gasteiger partial charge on any atom is -0.469 e. The normalized spacial score (nSPS) is 12.5. The SMILES string of the molecule is CCCCCCCCC=CCCCCCCC(N)C(=O)c1[nH]c2ccc(Cl)cc2c1CC(=O)OC. The number of Topliss-reactive ketones (excluding diaryl/α,β-unsaturated/α-hetero) is 1. The van der Waals surface area contributed by atoms with Crippen LogP contribution < -0.4 is 5.73 Å². The van der Waals surface area contributed by atoms with Crippen LogP contribution in [0.3, 0.4) is 0 Å². The van der Waals surface area contributed by atoms with Crippen LogP contribution in [0.15, 0.2) is 30.4 Å². The molecule has 0 fully saturated rings. The third-order valence-electron chi connectivity index (χ3n) is 6.53. The molecule has 0 bridgehead atoms. The Kier molecular flexibility index (Phi) is 13.8. The van der Waals surface area contributed by atoms with Crippen molar-refractivity contribution in [2.24, 2.45) is 5.73 Å². The number of hydrogen-bond acceptors (Lipinski definition) is 4. The number of ketones is 1. The third kappa shape index (κ3) is 10.2. The van der Waals surface area contributed by atoms with Crippen molar-refractivity contribution in [3.63, 3.8) is 0 Å². The molecule has 0 spiro atoms. The number of rotatable bonds is 18. The molecule has 0 aliphatic rings. The number of nitrogens with two attached hydrogens (primary N) is 1. The van der Waals surface area contributed by atoms with E-state index < -0.39 is 12.0 Å². The molecule has 5 nitrogen and oxygen atoms in total. The van der Waals surface area contributed by atoms with Gasteiger partial charge in [-0.3, -0.25) is 9.59 Å². The average Bonchev–Trinajstić information content (AvgIpc) is 3.20. The second kappa shape index (κ2) is 16.5. The van der Waals surface area contributed by atoms with Gasteiger partial charge in [0.15, 0.2) is 5.78 Å². The largest absolute Gasteiger partial charge is 0.469 e. The minimum absolute atomic E-state index is 0.00297. The van der Waals surface area contributed by atoms with Crippen LogP contribution >= 0.6 is 11.6 Å². The maximum Gasteiger partial charge on any atom is 0.310 e. The lowest BCUT2D eigenvalue weighted by atomic mass is 9.98. The number of fused-ring (bicyclic) bond motifs is 1. The Hall–Kier alpha value is -2.11. The predicted octanol–water partition coefficient (Wildman–Crippen LogP) is 7.69. The lowest BCUT2D eigenvalue weighted by Crippen LogP contribution is -2.31. The summed E-state index contributed by atoms with van der Waals surface area (Å²) in [5.74, 6) is -0.580. The van der Waals surface area contributed by atoms with E-state index in [9.17, 15) is 9.59 Å². The lowest BCUT2D eigenvalue weighted by Gasteiger charge is -2.11. The number of methoxy groups -OCH3 is 1. The molecule has 0 saturated heterocycles. The van der Waals surface area contributed by atoms with Crippen LogP contribution in [0.25, 0.3) is 10.9 Å². The Morgan fingerprint density at radius 2 is 1.63 bits per heavy atom. The molecule has 1 heterocycles. The number of carbonyl (C=O) groups is 2. The number of unbranched alkanes of at least 4 members (excludes halogenated alkanes) is 10. The topological polar surface area (TPSA) is 85.2 Å². The summed E-state index contributed by atoms with van der Waals surface area (Å²) in [7, 11) is 1.34. The van der Waals surface area contributed by atoms with E-state index in [0.29, 0.717) is 22.7 Å². The number of aromatic nitrogens is 1. The van der Waals surface area contributed by atoms with E-state index in [-0.39, 0.29) is 12.2 Å². The van der Waals surface area contributed by atoms with E-state index in [1.807, 2.05) is 6.07 Å². The second-order valence-corrected chi connectivity index (χ2v) is 9.85. The Labute approximate surface area is 215 Å². The quantitative estimate of drug-likeness (QED) is 0.0946. The third-order valence-corrected chi connectivity index (χ3v) is 6.76. The first kappa shape index (κ1) is 29.1. The zero-order valence-corrected chi connectivity index (χ0v) is 22.3. The fourth-order valence-corrected chi connectivity index (χ4v) is 4.58. The van der Waals surface area contributed by atoms with E-state index in [1.165, 1.54) is 58.5 Å². The molecule has 194 valence electrons. The van der Waals surface area contributed by atoms with Crippen LogP contribution in [-0.4, -0.2) is 29.9 Å². The average molecular weight is 503 g/mol. The highest BCUT2D eigenvalue weighted by molar-refractivity contribution is 6.31. The second-order valence-electron chi connectivity index (χ2n) is 9.41. The van der Waals surface area contributed by atoms with Gasteiger partial charge in [-0.2, -0.15) is 0 Å². The van der Waals surface area contributed by atoms with Gasteiger partial charge in [0, 0.05) is 15.9 Å². The molecule has 0 radical (unpaired) electrons. The number of ether oxygens (including phenoxy) is 1. The molecule has 1 unspecified atom stereocenters. The number of aromatic amines is 1. The highest BCUT2D eigenvalue weighted by Crippen LogP contribution is 2.27. The van der Waals surface area contributed by atoms with Crippen molar-refractivity contribution in [1.29, 1.82) is 0 Å². The van der Waals surface area contributed by atoms with Gasteiger partial charge >= 0.3 is 5.97 Å². The van der Waals surface area contributed by atoms with Gasteiger partial charge in [0.25, 0.3) is 0 Å². The van der Waals surface area contributed by atoms with Gasteiger partial charge in [-0.25, -0.2) is 0 Å². The van der Waals surface area contributed by atoms with Crippen LogP contribution in [0.2, 0.25) is 5.02 Å². The Bertz CT molecular complexity index is 951. The molecule has 0 amide bonds. The van der Waals surface area contributed by atoms with Crippen molar-refractivity contribution >= 4 is 34.3 Å².